The second-order valence-corrected chi connectivity index (χ2v) is 6.96. The molecule has 0 aromatic heterocycles. The van der Waals surface area contributed by atoms with Crippen molar-refractivity contribution in [1.82, 2.24) is 10.2 Å². The summed E-state index contributed by atoms with van der Waals surface area (Å²) >= 11 is 0. The van der Waals surface area contributed by atoms with Gasteiger partial charge in [0.05, 0.1) is 13.5 Å². The van der Waals surface area contributed by atoms with E-state index in [0.29, 0.717) is 19.0 Å². The van der Waals surface area contributed by atoms with Crippen LogP contribution >= 0.6 is 0 Å². The number of carbonyl (C=O) groups excluding carboxylic acids is 2. The smallest absolute Gasteiger partial charge is 0.407 e. The largest absolute Gasteiger partial charge is 0.469 e. The zero-order valence-corrected chi connectivity index (χ0v) is 14.5. The molecule has 0 unspecified atom stereocenters. The molecule has 0 radical (unpaired) electrons. The van der Waals surface area contributed by atoms with Crippen molar-refractivity contribution in [3.05, 3.63) is 0 Å². The first-order valence-electron chi connectivity index (χ1n) is 7.98. The van der Waals surface area contributed by atoms with Crippen molar-refractivity contribution < 1.29 is 19.1 Å². The third kappa shape index (κ3) is 7.11. The van der Waals surface area contributed by atoms with Gasteiger partial charge >= 0.3 is 12.1 Å². The summed E-state index contributed by atoms with van der Waals surface area (Å²) in [4.78, 5) is 25.1. The molecule has 0 spiro atoms. The lowest BCUT2D eigenvalue weighted by Gasteiger charge is -2.35. The summed E-state index contributed by atoms with van der Waals surface area (Å²) in [6.07, 6.45) is 3.98. The van der Waals surface area contributed by atoms with Crippen molar-refractivity contribution in [2.45, 2.75) is 70.6 Å². The summed E-state index contributed by atoms with van der Waals surface area (Å²) in [6.45, 7) is 6.29. The van der Waals surface area contributed by atoms with Gasteiger partial charge in [0.2, 0.25) is 0 Å². The number of esters is 1. The molecule has 128 valence electrons. The van der Waals surface area contributed by atoms with Crippen LogP contribution in [0, 0.1) is 0 Å². The fourth-order valence-corrected chi connectivity index (χ4v) is 2.69. The van der Waals surface area contributed by atoms with Crippen LogP contribution < -0.4 is 5.32 Å². The third-order valence-corrected chi connectivity index (χ3v) is 3.94. The van der Waals surface area contributed by atoms with Crippen LogP contribution in [0.4, 0.5) is 4.79 Å². The van der Waals surface area contributed by atoms with E-state index in [1.807, 2.05) is 27.8 Å². The molecule has 1 fully saturated rings. The minimum absolute atomic E-state index is 0.174. The van der Waals surface area contributed by atoms with E-state index in [1.54, 1.807) is 0 Å². The molecule has 1 N–H and O–H groups in total. The molecule has 0 aromatic carbocycles. The van der Waals surface area contributed by atoms with Gasteiger partial charge in [0.25, 0.3) is 0 Å². The average molecular weight is 314 g/mol. The van der Waals surface area contributed by atoms with Crippen LogP contribution in [0.1, 0.15) is 52.9 Å². The van der Waals surface area contributed by atoms with Gasteiger partial charge in [-0.1, -0.05) is 0 Å². The molecule has 0 saturated heterocycles. The molecular formula is C16H30N2O4. The monoisotopic (exact) mass is 314 g/mol. The lowest BCUT2D eigenvalue weighted by molar-refractivity contribution is -0.141. The lowest BCUT2D eigenvalue weighted by Crippen LogP contribution is -2.44. The number of carbonyl (C=O) groups is 2. The highest BCUT2D eigenvalue weighted by Crippen LogP contribution is 2.23. The highest BCUT2D eigenvalue weighted by atomic mass is 16.6. The summed E-state index contributed by atoms with van der Waals surface area (Å²) in [6, 6.07) is 0.640. The molecule has 1 aliphatic rings. The molecule has 6 nitrogen and oxygen atoms in total. The highest BCUT2D eigenvalue weighted by molar-refractivity contribution is 5.69. The van der Waals surface area contributed by atoms with Crippen LogP contribution in [0.25, 0.3) is 0 Å². The SMILES string of the molecule is COC(=O)CCN(C)C1CCC(NC(=O)OC(C)(C)C)CC1. The van der Waals surface area contributed by atoms with Crippen LogP contribution in [-0.2, 0) is 14.3 Å². The predicted octanol–water partition coefficient (Wildman–Crippen LogP) is 2.32. The van der Waals surface area contributed by atoms with Crippen LogP contribution in [-0.4, -0.2) is 55.3 Å². The van der Waals surface area contributed by atoms with Gasteiger partial charge < -0.3 is 19.7 Å². The molecule has 1 saturated carbocycles. The molecule has 0 heterocycles. The highest BCUT2D eigenvalue weighted by Gasteiger charge is 2.26. The van der Waals surface area contributed by atoms with Crippen molar-refractivity contribution in [2.75, 3.05) is 20.7 Å². The van der Waals surface area contributed by atoms with E-state index < -0.39 is 5.60 Å². The number of amides is 1. The van der Waals surface area contributed by atoms with Gasteiger partial charge in [-0.25, -0.2) is 4.79 Å². The first-order chi connectivity index (χ1) is 10.2. The molecule has 6 heteroatoms. The Balaban J connectivity index is 2.28. The molecule has 22 heavy (non-hydrogen) atoms. The number of nitrogens with zero attached hydrogens (tertiary/aromatic N) is 1. The van der Waals surface area contributed by atoms with Crippen LogP contribution in [0.15, 0.2) is 0 Å². The molecule has 1 amide bonds. The molecule has 0 aliphatic heterocycles. The number of ether oxygens (including phenoxy) is 2. The van der Waals surface area contributed by atoms with Crippen LogP contribution in [0.2, 0.25) is 0 Å². The Morgan fingerprint density at radius 1 is 1.18 bits per heavy atom. The Bertz CT molecular complexity index is 371. The standard InChI is InChI=1S/C16H30N2O4/c1-16(2,3)22-15(20)17-12-6-8-13(9-7-12)18(4)11-10-14(19)21-5/h12-13H,6-11H2,1-5H3,(H,17,20). The average Bonchev–Trinajstić information content (AvgIpc) is 2.43. The Hall–Kier alpha value is -1.30. The van der Waals surface area contributed by atoms with Gasteiger partial charge in [-0.3, -0.25) is 4.79 Å². The number of alkyl carbamates (subject to hydrolysis) is 1. The van der Waals surface area contributed by atoms with E-state index in [4.69, 9.17) is 4.74 Å². The van der Waals surface area contributed by atoms with Gasteiger partial charge in [0, 0.05) is 18.6 Å². The number of hydrogen-bond acceptors (Lipinski definition) is 5. The molecule has 0 bridgehead atoms. The zero-order chi connectivity index (χ0) is 16.8. The van der Waals surface area contributed by atoms with Crippen molar-refractivity contribution in [2.24, 2.45) is 0 Å². The van der Waals surface area contributed by atoms with Crippen molar-refractivity contribution in [1.29, 1.82) is 0 Å². The maximum atomic E-state index is 11.8. The summed E-state index contributed by atoms with van der Waals surface area (Å²) in [5, 5.41) is 2.94. The second-order valence-electron chi connectivity index (χ2n) is 6.96. The molecular weight excluding hydrogens is 284 g/mol. The number of hydrogen-bond donors (Lipinski definition) is 1. The number of rotatable bonds is 5. The Morgan fingerprint density at radius 2 is 1.77 bits per heavy atom. The quantitative estimate of drug-likeness (QED) is 0.789. The van der Waals surface area contributed by atoms with Crippen molar-refractivity contribution >= 4 is 12.1 Å². The van der Waals surface area contributed by atoms with Crippen molar-refractivity contribution in [3.63, 3.8) is 0 Å². The summed E-state index contributed by atoms with van der Waals surface area (Å²) in [7, 11) is 3.45. The molecule has 0 atom stereocenters. The first-order valence-corrected chi connectivity index (χ1v) is 7.98. The van der Waals surface area contributed by atoms with Gasteiger partial charge in [-0.15, -0.1) is 0 Å². The summed E-state index contributed by atoms with van der Waals surface area (Å²) in [5.41, 5.74) is -0.463. The van der Waals surface area contributed by atoms with E-state index in [9.17, 15) is 9.59 Å². The molecule has 1 aliphatic carbocycles. The van der Waals surface area contributed by atoms with E-state index >= 15 is 0 Å². The second kappa shape index (κ2) is 8.36. The molecule has 1 rings (SSSR count). The Kier molecular flexibility index (Phi) is 7.13. The lowest BCUT2D eigenvalue weighted by atomic mass is 9.90. The maximum absolute atomic E-state index is 11.8. The van der Waals surface area contributed by atoms with Gasteiger partial charge in [-0.05, 0) is 53.5 Å². The van der Waals surface area contributed by atoms with Gasteiger partial charge in [0.15, 0.2) is 0 Å². The normalized spacial score (nSPS) is 22.3. The summed E-state index contributed by atoms with van der Waals surface area (Å²) in [5.74, 6) is -0.174. The Morgan fingerprint density at radius 3 is 2.27 bits per heavy atom. The van der Waals surface area contributed by atoms with Gasteiger partial charge in [-0.2, -0.15) is 0 Å². The predicted molar refractivity (Wildman–Crippen MR) is 84.7 cm³/mol. The minimum atomic E-state index is -0.463. The zero-order valence-electron chi connectivity index (χ0n) is 14.5. The number of methoxy groups -OCH3 is 1. The van der Waals surface area contributed by atoms with E-state index in [0.717, 1.165) is 25.7 Å². The first kappa shape index (κ1) is 18.7. The van der Waals surface area contributed by atoms with Crippen LogP contribution in [0.5, 0.6) is 0 Å². The Labute approximate surface area is 133 Å². The number of nitrogens with one attached hydrogen (secondary N) is 1. The van der Waals surface area contributed by atoms with Crippen LogP contribution in [0.3, 0.4) is 0 Å². The van der Waals surface area contributed by atoms with E-state index in [2.05, 4.69) is 15.0 Å². The maximum Gasteiger partial charge on any atom is 0.407 e. The van der Waals surface area contributed by atoms with E-state index in [-0.39, 0.29) is 18.1 Å². The van der Waals surface area contributed by atoms with E-state index in [1.165, 1.54) is 7.11 Å². The van der Waals surface area contributed by atoms with Gasteiger partial charge in [0.1, 0.15) is 5.60 Å². The fourth-order valence-electron chi connectivity index (χ4n) is 2.69. The minimum Gasteiger partial charge on any atom is -0.469 e. The third-order valence-electron chi connectivity index (χ3n) is 3.94. The molecule has 0 aromatic rings. The van der Waals surface area contributed by atoms with Crippen molar-refractivity contribution in [3.8, 4) is 0 Å². The summed E-state index contributed by atoms with van der Waals surface area (Å²) < 4.78 is 9.94. The topological polar surface area (TPSA) is 67.9 Å². The fraction of sp³-hybridized carbons (Fsp3) is 0.875.